The van der Waals surface area contributed by atoms with Crippen molar-refractivity contribution in [1.82, 2.24) is 19.7 Å². The molecule has 5 nitrogen and oxygen atoms in total. The Balaban J connectivity index is 1.64. The van der Waals surface area contributed by atoms with Gasteiger partial charge in [-0.05, 0) is 32.3 Å². The zero-order chi connectivity index (χ0) is 14.8. The maximum Gasteiger partial charge on any atom is 0.228 e. The van der Waals surface area contributed by atoms with Crippen molar-refractivity contribution >= 4 is 17.2 Å². The normalized spacial score (nSPS) is 18.4. The van der Waals surface area contributed by atoms with Gasteiger partial charge >= 0.3 is 0 Å². The van der Waals surface area contributed by atoms with Crippen molar-refractivity contribution in [3.63, 3.8) is 0 Å². The fraction of sp³-hybridized carbons (Fsp3) is 0.533. The van der Waals surface area contributed by atoms with E-state index in [2.05, 4.69) is 10.1 Å². The second kappa shape index (κ2) is 5.97. The number of aryl methyl sites for hydroxylation is 2. The smallest absolute Gasteiger partial charge is 0.228 e. The van der Waals surface area contributed by atoms with E-state index >= 15 is 0 Å². The molecule has 1 aliphatic heterocycles. The van der Waals surface area contributed by atoms with Crippen LogP contribution in [0.2, 0.25) is 0 Å². The van der Waals surface area contributed by atoms with Crippen LogP contribution in [0.4, 0.5) is 0 Å². The van der Waals surface area contributed by atoms with Crippen LogP contribution in [0.1, 0.15) is 29.1 Å². The molecule has 6 heteroatoms. The monoisotopic (exact) mass is 304 g/mol. The average molecular weight is 304 g/mol. The van der Waals surface area contributed by atoms with Crippen molar-refractivity contribution in [3.05, 3.63) is 34.0 Å². The molecule has 0 saturated carbocycles. The summed E-state index contributed by atoms with van der Waals surface area (Å²) in [5.74, 6) is 0.187. The highest BCUT2D eigenvalue weighted by atomic mass is 32.1. The molecule has 0 bridgehead atoms. The van der Waals surface area contributed by atoms with Gasteiger partial charge in [-0.3, -0.25) is 9.48 Å². The minimum absolute atomic E-state index is 0.187. The van der Waals surface area contributed by atoms with Crippen LogP contribution in [0.5, 0.6) is 0 Å². The summed E-state index contributed by atoms with van der Waals surface area (Å²) in [6.07, 6.45) is 6.44. The maximum absolute atomic E-state index is 12.5. The topological polar surface area (TPSA) is 51.0 Å². The Kier molecular flexibility index (Phi) is 4.05. The molecule has 2 aromatic rings. The number of nitrogens with zero attached hydrogens (tertiary/aromatic N) is 4. The van der Waals surface area contributed by atoms with Crippen molar-refractivity contribution < 1.29 is 4.79 Å². The van der Waals surface area contributed by atoms with Gasteiger partial charge in [0, 0.05) is 18.1 Å². The number of hydrogen-bond acceptors (Lipinski definition) is 4. The van der Waals surface area contributed by atoms with Crippen LogP contribution in [-0.2, 0) is 17.8 Å². The molecule has 0 N–H and O–H groups in total. The molecule has 0 spiro atoms. The van der Waals surface area contributed by atoms with Gasteiger partial charge in [0.1, 0.15) is 0 Å². The summed E-state index contributed by atoms with van der Waals surface area (Å²) in [5.41, 5.74) is 2.05. The van der Waals surface area contributed by atoms with Gasteiger partial charge in [0.15, 0.2) is 0 Å². The first-order chi connectivity index (χ1) is 10.1. The average Bonchev–Trinajstić information content (AvgIpc) is 3.13. The summed E-state index contributed by atoms with van der Waals surface area (Å²) in [6, 6.07) is 0.261. The quantitative estimate of drug-likeness (QED) is 0.870. The lowest BCUT2D eigenvalue weighted by atomic mass is 10.2. The van der Waals surface area contributed by atoms with E-state index in [-0.39, 0.29) is 11.9 Å². The third-order valence-corrected chi connectivity index (χ3v) is 4.68. The maximum atomic E-state index is 12.5. The van der Waals surface area contributed by atoms with Gasteiger partial charge in [-0.2, -0.15) is 5.10 Å². The third kappa shape index (κ3) is 3.32. The predicted molar refractivity (Wildman–Crippen MR) is 82.3 cm³/mol. The lowest BCUT2D eigenvalue weighted by Gasteiger charge is -2.24. The molecule has 3 heterocycles. The summed E-state index contributed by atoms with van der Waals surface area (Å²) in [5, 5.41) is 7.33. The first-order valence-corrected chi connectivity index (χ1v) is 8.19. The van der Waals surface area contributed by atoms with E-state index in [9.17, 15) is 4.79 Å². The van der Waals surface area contributed by atoms with Gasteiger partial charge in [0.2, 0.25) is 5.91 Å². The van der Waals surface area contributed by atoms with Crippen molar-refractivity contribution in [2.24, 2.45) is 0 Å². The highest BCUT2D eigenvalue weighted by molar-refractivity contribution is 7.09. The van der Waals surface area contributed by atoms with Gasteiger partial charge in [0.25, 0.3) is 0 Å². The Hall–Kier alpha value is -1.69. The minimum Gasteiger partial charge on any atom is -0.338 e. The first kappa shape index (κ1) is 14.3. The Morgan fingerprint density at radius 3 is 3.00 bits per heavy atom. The van der Waals surface area contributed by atoms with Gasteiger partial charge in [-0.25, -0.2) is 4.98 Å². The summed E-state index contributed by atoms with van der Waals surface area (Å²) < 4.78 is 1.94. The fourth-order valence-corrected chi connectivity index (χ4v) is 3.50. The van der Waals surface area contributed by atoms with Crippen molar-refractivity contribution in [3.8, 4) is 0 Å². The van der Waals surface area contributed by atoms with Crippen molar-refractivity contribution in [2.75, 3.05) is 6.54 Å². The number of rotatable bonds is 4. The fourth-order valence-electron chi connectivity index (χ4n) is 2.88. The minimum atomic E-state index is 0.187. The van der Waals surface area contributed by atoms with Gasteiger partial charge in [-0.1, -0.05) is 0 Å². The highest BCUT2D eigenvalue weighted by Gasteiger charge is 2.29. The molecule has 1 fully saturated rings. The standard InChI is InChI=1S/C15H20N4OS/c1-11-7-16-18(8-11)9-14-4-3-5-19(14)15(20)6-13-10-21-12(2)17-13/h7-8,10,14H,3-6,9H2,1-2H3. The van der Waals surface area contributed by atoms with Crippen LogP contribution in [0, 0.1) is 13.8 Å². The van der Waals surface area contributed by atoms with E-state index < -0.39 is 0 Å². The SMILES string of the molecule is Cc1cnn(CC2CCCN2C(=O)Cc2csc(C)n2)c1. The number of carbonyl (C=O) groups excluding carboxylic acids is 1. The molecule has 0 radical (unpaired) electrons. The van der Waals surface area contributed by atoms with Crippen LogP contribution in [0.3, 0.4) is 0 Å². The molecular formula is C15H20N4OS. The molecule has 0 aromatic carbocycles. The molecule has 0 aliphatic carbocycles. The van der Waals surface area contributed by atoms with E-state index in [4.69, 9.17) is 0 Å². The number of hydrogen-bond donors (Lipinski definition) is 0. The van der Waals surface area contributed by atoms with Crippen LogP contribution in [0.15, 0.2) is 17.8 Å². The zero-order valence-electron chi connectivity index (χ0n) is 12.5. The van der Waals surface area contributed by atoms with E-state index in [1.807, 2.05) is 41.2 Å². The molecule has 2 aromatic heterocycles. The first-order valence-electron chi connectivity index (χ1n) is 7.31. The largest absolute Gasteiger partial charge is 0.338 e. The molecule has 1 atom stereocenters. The van der Waals surface area contributed by atoms with Crippen LogP contribution in [0.25, 0.3) is 0 Å². The van der Waals surface area contributed by atoms with Gasteiger partial charge in [-0.15, -0.1) is 11.3 Å². The molecule has 21 heavy (non-hydrogen) atoms. The second-order valence-electron chi connectivity index (χ2n) is 5.66. The molecule has 1 amide bonds. The highest BCUT2D eigenvalue weighted by Crippen LogP contribution is 2.20. The summed E-state index contributed by atoms with van der Waals surface area (Å²) >= 11 is 1.60. The molecule has 3 rings (SSSR count). The third-order valence-electron chi connectivity index (χ3n) is 3.86. The zero-order valence-corrected chi connectivity index (χ0v) is 13.3. The Morgan fingerprint density at radius 1 is 1.48 bits per heavy atom. The number of aromatic nitrogens is 3. The number of carbonyl (C=O) groups is 1. The van der Waals surface area contributed by atoms with Crippen molar-refractivity contribution in [1.29, 1.82) is 0 Å². The van der Waals surface area contributed by atoms with Crippen LogP contribution < -0.4 is 0 Å². The Bertz CT molecular complexity index is 633. The predicted octanol–water partition coefficient (Wildman–Crippen LogP) is 2.19. The number of likely N-dealkylation sites (tertiary alicyclic amines) is 1. The number of amides is 1. The lowest BCUT2D eigenvalue weighted by molar-refractivity contribution is -0.131. The van der Waals surface area contributed by atoms with Crippen molar-refractivity contribution in [2.45, 2.75) is 45.7 Å². The van der Waals surface area contributed by atoms with Gasteiger partial charge in [0.05, 0.1) is 35.9 Å². The van der Waals surface area contributed by atoms with Crippen LogP contribution >= 0.6 is 11.3 Å². The Morgan fingerprint density at radius 2 is 2.33 bits per heavy atom. The molecular weight excluding hydrogens is 284 g/mol. The summed E-state index contributed by atoms with van der Waals surface area (Å²) in [7, 11) is 0. The van der Waals surface area contributed by atoms with E-state index in [1.165, 1.54) is 0 Å². The molecule has 112 valence electrons. The van der Waals surface area contributed by atoms with E-state index in [0.717, 1.165) is 42.2 Å². The molecule has 1 saturated heterocycles. The van der Waals surface area contributed by atoms with E-state index in [1.54, 1.807) is 11.3 Å². The molecule has 1 aliphatic rings. The molecule has 1 unspecified atom stereocenters. The van der Waals surface area contributed by atoms with Gasteiger partial charge < -0.3 is 4.90 Å². The second-order valence-corrected chi connectivity index (χ2v) is 6.72. The number of thiazole rings is 1. The van der Waals surface area contributed by atoms with E-state index in [0.29, 0.717) is 6.42 Å². The summed E-state index contributed by atoms with van der Waals surface area (Å²) in [6.45, 7) is 5.64. The summed E-state index contributed by atoms with van der Waals surface area (Å²) in [4.78, 5) is 18.9. The Labute approximate surface area is 128 Å². The van der Waals surface area contributed by atoms with Crippen LogP contribution in [-0.4, -0.2) is 38.2 Å². The lowest BCUT2D eigenvalue weighted by Crippen LogP contribution is -2.39.